The second-order valence-electron chi connectivity index (χ2n) is 31.7. The number of aliphatic hydroxyl groups is 26. The molecule has 55 nitrogen and oxygen atoms in total. The van der Waals surface area contributed by atoms with Gasteiger partial charge in [-0.05, 0) is 6.92 Å². The summed E-state index contributed by atoms with van der Waals surface area (Å²) in [6, 6.07) is -9.52. The van der Waals surface area contributed by atoms with E-state index in [2.05, 4.69) is 26.6 Å². The summed E-state index contributed by atoms with van der Waals surface area (Å²) in [6.45, 7) is -4.57. The third-order valence-corrected chi connectivity index (χ3v) is 22.8. The molecule has 0 aromatic heterocycles. The van der Waals surface area contributed by atoms with Crippen LogP contribution in [0.5, 0.6) is 0 Å². The van der Waals surface area contributed by atoms with Crippen molar-refractivity contribution in [2.75, 3.05) is 59.5 Å². The van der Waals surface area contributed by atoms with Crippen molar-refractivity contribution in [2.24, 2.45) is 0 Å². The largest absolute Gasteiger partial charge is 0.394 e. The fourth-order valence-corrected chi connectivity index (χ4v) is 16.3. The highest BCUT2D eigenvalue weighted by atomic mass is 16.8. The number of hydrogen-bond acceptors (Lipinski definition) is 50. The van der Waals surface area contributed by atoms with Crippen LogP contribution in [0, 0.1) is 0 Å². The van der Waals surface area contributed by atoms with E-state index in [1.807, 2.05) is 0 Å². The van der Waals surface area contributed by atoms with E-state index >= 15 is 0 Å². The van der Waals surface area contributed by atoms with Gasteiger partial charge < -0.3 is 249 Å². The van der Waals surface area contributed by atoms with Crippen LogP contribution in [0.15, 0.2) is 0 Å². The molecule has 50 atom stereocenters. The Kier molecular flexibility index (Phi) is 36.8. The molecule has 10 saturated heterocycles. The van der Waals surface area contributed by atoms with Gasteiger partial charge in [-0.3, -0.25) is 24.0 Å². The molecule has 10 aliphatic rings. The Bertz CT molecular complexity index is 3420. The van der Waals surface area contributed by atoms with E-state index < -0.39 is 396 Å². The van der Waals surface area contributed by atoms with Crippen LogP contribution >= 0.6 is 0 Å². The van der Waals surface area contributed by atoms with Crippen LogP contribution in [-0.4, -0.2) is 529 Å². The van der Waals surface area contributed by atoms with Gasteiger partial charge in [0.2, 0.25) is 29.5 Å². The number of hydrogen-bond donors (Lipinski definition) is 31. The molecule has 0 spiro atoms. The van der Waals surface area contributed by atoms with Crippen LogP contribution in [-0.2, 0) is 114 Å². The highest BCUT2D eigenvalue weighted by molar-refractivity contribution is 5.75. The molecule has 0 radical (unpaired) electrons. The molecule has 0 aliphatic carbocycles. The van der Waals surface area contributed by atoms with Gasteiger partial charge in [-0.15, -0.1) is 0 Å². The zero-order valence-corrected chi connectivity index (χ0v) is 67.7. The van der Waals surface area contributed by atoms with Crippen molar-refractivity contribution in [3.8, 4) is 0 Å². The quantitative estimate of drug-likeness (QED) is 0.0297. The normalized spacial score (nSPS) is 48.7. The average molecular weight is 1830 g/mol. The van der Waals surface area contributed by atoms with Crippen molar-refractivity contribution >= 4 is 29.5 Å². The Balaban J connectivity index is 1.08. The Labute approximate surface area is 708 Å². The number of carbonyl (C=O) groups excluding carboxylic acids is 5. The summed E-state index contributed by atoms with van der Waals surface area (Å²) in [7, 11) is 0. The van der Waals surface area contributed by atoms with Crippen LogP contribution in [0.4, 0.5) is 0 Å². The summed E-state index contributed by atoms with van der Waals surface area (Å²) in [5.41, 5.74) is 0. The lowest BCUT2D eigenvalue weighted by Gasteiger charge is -2.53. The first-order valence-corrected chi connectivity index (χ1v) is 40.0. The molecule has 125 heavy (non-hydrogen) atoms. The van der Waals surface area contributed by atoms with Crippen LogP contribution in [0.2, 0.25) is 0 Å². The molecule has 0 unspecified atom stereocenters. The number of aliphatic hydroxyl groups excluding tert-OH is 26. The summed E-state index contributed by atoms with van der Waals surface area (Å²) in [5.74, 6) is -4.68. The predicted octanol–water partition coefficient (Wildman–Crippen LogP) is -21.1. The first kappa shape index (κ1) is 103. The molecule has 10 heterocycles. The monoisotopic (exact) mass is 1830 g/mol. The highest BCUT2D eigenvalue weighted by Crippen LogP contribution is 2.42. The summed E-state index contributed by atoms with van der Waals surface area (Å²) < 4.78 is 116. The number of amides is 5. The van der Waals surface area contributed by atoms with Crippen molar-refractivity contribution in [1.82, 2.24) is 26.6 Å². The third-order valence-electron chi connectivity index (χ3n) is 22.8. The molecule has 5 amide bonds. The fraction of sp³-hybridized carbons (Fsp3) is 0.929. The number of ether oxygens (including phenoxy) is 19. The van der Waals surface area contributed by atoms with Crippen molar-refractivity contribution in [3.63, 3.8) is 0 Å². The number of carbonyl (C=O) groups is 5. The van der Waals surface area contributed by atoms with E-state index in [4.69, 9.17) is 90.0 Å². The van der Waals surface area contributed by atoms with Gasteiger partial charge in [0.25, 0.3) is 0 Å². The SMILES string of the molecule is CC(=O)N[C@@H]1[C@@H](O)[C@H](O[C@@H]2O[C@H](CO)[C@@H](O[C@@H]3O[C@H](CO[C@H]4O[C@H](CO)[C@@H](O)[C@H](O)[C@@H]4O[C@@H]4O[C@H](CO)[C@@H](O)[C@H](O)[C@H]4NC(C)=O)[C@@H](O)[C@H](O[C@H]4O[C@H](CO)[C@@H](O[C@@H]5O[C@H](CO)[C@@H](O)[C@H](O)[C@H]5NC(C)=O)[C@H](O)[C@@H]4O[C@@H]4O[C@H](CO)[C@@H](O[C@@H]5O[C@H](CO)[C@H](O)[C@H](O)[C@H]5O)[C@H](O[C@@H]5O[C@@H](C)[C@@H](O)[C@@H](O)[C@@H]5O)[C@H]4NC(C)=O)[C@@H]3O)[C@H](O)[C@H]2NC(C)=O)[C@@H](CO)O[C@H]1O. The van der Waals surface area contributed by atoms with Gasteiger partial charge in [0.15, 0.2) is 62.9 Å². The molecule has 10 aliphatic heterocycles. The van der Waals surface area contributed by atoms with Crippen LogP contribution in [0.3, 0.4) is 0 Å². The lowest BCUT2D eigenvalue weighted by Crippen LogP contribution is -2.72. The number of nitrogens with one attached hydrogen (secondary N) is 5. The Morgan fingerprint density at radius 1 is 0.224 bits per heavy atom. The molecular formula is C70H117N5O50. The molecule has 0 bridgehead atoms. The van der Waals surface area contributed by atoms with Gasteiger partial charge in [-0.2, -0.15) is 0 Å². The summed E-state index contributed by atoms with van der Waals surface area (Å²) in [5, 5.41) is 306. The lowest BCUT2D eigenvalue weighted by molar-refractivity contribution is -0.409. The first-order chi connectivity index (χ1) is 59.1. The molecule has 10 fully saturated rings. The Hall–Kier alpha value is -4.45. The first-order valence-electron chi connectivity index (χ1n) is 40.0. The molecule has 55 heteroatoms. The van der Waals surface area contributed by atoms with E-state index in [1.165, 1.54) is 6.92 Å². The Morgan fingerprint density at radius 3 is 0.976 bits per heavy atom. The molecule has 0 aromatic rings. The van der Waals surface area contributed by atoms with Gasteiger partial charge in [0.05, 0.1) is 65.6 Å². The minimum atomic E-state index is -2.71. The van der Waals surface area contributed by atoms with E-state index in [-0.39, 0.29) is 0 Å². The van der Waals surface area contributed by atoms with Gasteiger partial charge in [0, 0.05) is 34.6 Å². The van der Waals surface area contributed by atoms with Crippen molar-refractivity contribution in [3.05, 3.63) is 0 Å². The lowest BCUT2D eigenvalue weighted by atomic mass is 9.93. The van der Waals surface area contributed by atoms with Crippen LogP contribution < -0.4 is 26.6 Å². The van der Waals surface area contributed by atoms with E-state index in [1.54, 1.807) is 0 Å². The Morgan fingerprint density at radius 2 is 0.512 bits per heavy atom. The van der Waals surface area contributed by atoms with Crippen LogP contribution in [0.25, 0.3) is 0 Å². The van der Waals surface area contributed by atoms with E-state index in [9.17, 15) is 157 Å². The maximum Gasteiger partial charge on any atom is 0.217 e. The zero-order valence-electron chi connectivity index (χ0n) is 67.7. The minimum absolute atomic E-state index is 0.811. The summed E-state index contributed by atoms with van der Waals surface area (Å²) in [6.07, 6.45) is -96.7. The minimum Gasteiger partial charge on any atom is -0.394 e. The standard InChI is InChI=1S/C70H117N5O50/c1-16-36(89)46(99)49(102)66(108-16)122-57-35(75-21(6)88)65(115-29(14-83)56(57)121-67-50(103)47(100)39(92)24(9-78)112-67)125-60-51(104)55(119-62-32(72-18(3)85)42(95)37(90)22(7-76)110-62)28(13-82)116-70(60)123-58-41(94)30(15-107-69-59(48(101)40(93)25(10-79)113-69)124-63-33(73-19(4)86)43(96)38(91)23(8-77)111-63)117-68(52(58)105)120-54-27(12-81)114-64(34(45(54)98)74-20(5)87)118-53-26(11-80)109-61(106)31(44(53)97)71-17(2)84/h16,22-70,76-83,89-106H,7-15H2,1-6H3,(H,71,84)(H,72,85)(H,73,86)(H,74,87)(H,75,88)/t16-,22+,23+,24+,25+,26+,27+,28+,29+,30+,31+,32+,33+,34+,35+,36+,37+,38+,39-,40+,41+,42+,43+,44+,45+,46+,47-,48-,49-,50+,51-,52-,53+,54+,55+,56+,57+,58-,59-,60-,61+,62-,63-,64-,65-,66-,67-,68-,69-,70+/m0/s1. The third kappa shape index (κ3) is 22.9. The summed E-state index contributed by atoms with van der Waals surface area (Å²) in [4.78, 5) is 64.6. The molecular weight excluding hydrogens is 1710 g/mol. The van der Waals surface area contributed by atoms with Gasteiger partial charge >= 0.3 is 0 Å². The molecule has 0 saturated carbocycles. The van der Waals surface area contributed by atoms with Crippen molar-refractivity contribution < 1.29 is 247 Å². The summed E-state index contributed by atoms with van der Waals surface area (Å²) >= 11 is 0. The van der Waals surface area contributed by atoms with Crippen LogP contribution in [0.1, 0.15) is 41.5 Å². The zero-order chi connectivity index (χ0) is 92.1. The number of rotatable bonds is 32. The van der Waals surface area contributed by atoms with Crippen molar-refractivity contribution in [2.45, 2.75) is 348 Å². The second kappa shape index (κ2) is 44.9. The second-order valence-corrected chi connectivity index (χ2v) is 31.7. The smallest absolute Gasteiger partial charge is 0.217 e. The average Bonchev–Trinajstić information content (AvgIpc) is 0.768. The molecule has 0 aromatic carbocycles. The highest BCUT2D eigenvalue weighted by Gasteiger charge is 2.63. The van der Waals surface area contributed by atoms with E-state index in [0.717, 1.165) is 34.6 Å². The molecule has 722 valence electrons. The van der Waals surface area contributed by atoms with Gasteiger partial charge in [0.1, 0.15) is 238 Å². The molecule has 10 rings (SSSR count). The van der Waals surface area contributed by atoms with Gasteiger partial charge in [-0.1, -0.05) is 0 Å². The van der Waals surface area contributed by atoms with Crippen molar-refractivity contribution in [1.29, 1.82) is 0 Å². The van der Waals surface area contributed by atoms with E-state index in [0.29, 0.717) is 0 Å². The maximum atomic E-state index is 13.8. The van der Waals surface area contributed by atoms with Gasteiger partial charge in [-0.25, -0.2) is 0 Å². The fourth-order valence-electron chi connectivity index (χ4n) is 16.3. The topological polar surface area (TPSA) is 847 Å². The molecule has 31 N–H and O–H groups in total. The maximum absolute atomic E-state index is 13.8. The predicted molar refractivity (Wildman–Crippen MR) is 386 cm³/mol.